The number of benzene rings is 1. The van der Waals surface area contributed by atoms with E-state index >= 15 is 0 Å². The van der Waals surface area contributed by atoms with Crippen molar-refractivity contribution in [2.75, 3.05) is 5.32 Å². The summed E-state index contributed by atoms with van der Waals surface area (Å²) in [6.07, 6.45) is 0. The summed E-state index contributed by atoms with van der Waals surface area (Å²) in [5.74, 6) is -0.359. The lowest BCUT2D eigenvalue weighted by Gasteiger charge is -2.15. The molecule has 0 aliphatic rings. The van der Waals surface area contributed by atoms with Crippen LogP contribution in [0.4, 0.5) is 5.69 Å². The molecule has 0 fully saturated rings. The maximum atomic E-state index is 12.4. The Labute approximate surface area is 129 Å². The molecule has 0 aliphatic heterocycles. The van der Waals surface area contributed by atoms with Crippen LogP contribution in [-0.4, -0.2) is 26.7 Å². The van der Waals surface area contributed by atoms with Gasteiger partial charge in [0.25, 0.3) is 0 Å². The zero-order valence-electron chi connectivity index (χ0n) is 13.5. The molecule has 2 rings (SSSR count). The van der Waals surface area contributed by atoms with Crippen LogP contribution < -0.4 is 5.32 Å². The number of amides is 1. The average molecular weight is 300 g/mol. The van der Waals surface area contributed by atoms with Crippen LogP contribution >= 0.6 is 0 Å². The van der Waals surface area contributed by atoms with Crippen LogP contribution in [0.15, 0.2) is 18.2 Å². The van der Waals surface area contributed by atoms with E-state index in [0.717, 1.165) is 16.8 Å². The molecule has 0 radical (unpaired) electrons. The van der Waals surface area contributed by atoms with Gasteiger partial charge in [0.1, 0.15) is 6.04 Å². The predicted octanol–water partition coefficient (Wildman–Crippen LogP) is 2.61. The number of ketones is 1. The minimum atomic E-state index is -0.555. The molecule has 6 nitrogen and oxygen atoms in total. The Morgan fingerprint density at radius 3 is 2.50 bits per heavy atom. The third-order valence-corrected chi connectivity index (χ3v) is 3.66. The Hall–Kier alpha value is -2.50. The molecular weight excluding hydrogens is 280 g/mol. The smallest absolute Gasteiger partial charge is 0.249 e. The third kappa shape index (κ3) is 3.05. The van der Waals surface area contributed by atoms with Crippen LogP contribution in [-0.2, 0) is 4.79 Å². The average Bonchev–Trinajstić information content (AvgIpc) is 2.83. The molecule has 0 aliphatic carbocycles. The quantitative estimate of drug-likeness (QED) is 0.880. The Balaban J connectivity index is 2.22. The zero-order valence-corrected chi connectivity index (χ0v) is 13.5. The predicted molar refractivity (Wildman–Crippen MR) is 84.0 cm³/mol. The Morgan fingerprint density at radius 1 is 1.23 bits per heavy atom. The molecule has 6 heteroatoms. The second-order valence-corrected chi connectivity index (χ2v) is 5.51. The monoisotopic (exact) mass is 300 g/mol. The topological polar surface area (TPSA) is 76.9 Å². The maximum Gasteiger partial charge on any atom is 0.249 e. The number of hydrogen-bond donors (Lipinski definition) is 1. The van der Waals surface area contributed by atoms with Gasteiger partial charge in [0.05, 0.1) is 5.69 Å². The van der Waals surface area contributed by atoms with Crippen molar-refractivity contribution in [3.05, 3.63) is 40.7 Å². The summed E-state index contributed by atoms with van der Waals surface area (Å²) in [6.45, 7) is 8.81. The standard InChI is InChI=1S/C16H20N4O2/c1-9-6-7-10(2)14(8-9)17-16(22)12(4)20-11(3)15(13(5)21)18-19-20/h6-8,12H,1-5H3,(H,17,22). The number of carbonyl (C=O) groups is 2. The minimum absolute atomic E-state index is 0.161. The van der Waals surface area contributed by atoms with Crippen LogP contribution in [0.2, 0.25) is 0 Å². The molecule has 1 aromatic heterocycles. The summed E-state index contributed by atoms with van der Waals surface area (Å²) >= 11 is 0. The molecule has 1 N–H and O–H groups in total. The third-order valence-electron chi connectivity index (χ3n) is 3.66. The highest BCUT2D eigenvalue weighted by molar-refractivity contribution is 5.95. The second kappa shape index (κ2) is 6.09. The maximum absolute atomic E-state index is 12.4. The zero-order chi connectivity index (χ0) is 16.4. The molecule has 0 saturated heterocycles. The first-order chi connectivity index (χ1) is 10.3. The van der Waals surface area contributed by atoms with E-state index in [1.54, 1.807) is 13.8 Å². The van der Waals surface area contributed by atoms with Crippen LogP contribution in [0, 0.1) is 20.8 Å². The molecule has 1 heterocycles. The highest BCUT2D eigenvalue weighted by Gasteiger charge is 2.22. The van der Waals surface area contributed by atoms with Crippen molar-refractivity contribution in [2.45, 2.75) is 40.7 Å². The van der Waals surface area contributed by atoms with Crippen molar-refractivity contribution in [1.29, 1.82) is 0 Å². The summed E-state index contributed by atoms with van der Waals surface area (Å²) in [5, 5.41) is 10.7. The molecule has 22 heavy (non-hydrogen) atoms. The largest absolute Gasteiger partial charge is 0.324 e. The lowest BCUT2D eigenvalue weighted by Crippen LogP contribution is -2.25. The Morgan fingerprint density at radius 2 is 1.91 bits per heavy atom. The van der Waals surface area contributed by atoms with Gasteiger partial charge in [0.2, 0.25) is 5.91 Å². The van der Waals surface area contributed by atoms with Crippen molar-refractivity contribution in [3.63, 3.8) is 0 Å². The van der Waals surface area contributed by atoms with Gasteiger partial charge < -0.3 is 5.32 Å². The fourth-order valence-corrected chi connectivity index (χ4v) is 2.25. The summed E-state index contributed by atoms with van der Waals surface area (Å²) in [6, 6.07) is 5.33. The van der Waals surface area contributed by atoms with E-state index in [9.17, 15) is 9.59 Å². The van der Waals surface area contributed by atoms with E-state index in [-0.39, 0.29) is 11.7 Å². The fourth-order valence-electron chi connectivity index (χ4n) is 2.25. The molecule has 1 atom stereocenters. The number of hydrogen-bond acceptors (Lipinski definition) is 4. The van der Waals surface area contributed by atoms with Crippen molar-refractivity contribution >= 4 is 17.4 Å². The fraction of sp³-hybridized carbons (Fsp3) is 0.375. The van der Waals surface area contributed by atoms with Crippen LogP contribution in [0.5, 0.6) is 0 Å². The number of carbonyl (C=O) groups excluding carboxylic acids is 2. The molecule has 116 valence electrons. The van der Waals surface area contributed by atoms with Gasteiger partial charge >= 0.3 is 0 Å². The Kier molecular flexibility index (Phi) is 4.40. The number of nitrogens with zero attached hydrogens (tertiary/aromatic N) is 3. The summed E-state index contributed by atoms with van der Waals surface area (Å²) in [7, 11) is 0. The molecule has 2 aromatic rings. The lowest BCUT2D eigenvalue weighted by molar-refractivity contribution is -0.119. The van der Waals surface area contributed by atoms with Gasteiger partial charge in [0, 0.05) is 12.6 Å². The first-order valence-electron chi connectivity index (χ1n) is 7.12. The molecule has 0 bridgehead atoms. The lowest BCUT2D eigenvalue weighted by atomic mass is 10.1. The first-order valence-corrected chi connectivity index (χ1v) is 7.12. The number of nitrogens with one attached hydrogen (secondary N) is 1. The summed E-state index contributed by atoms with van der Waals surface area (Å²) in [5.41, 5.74) is 3.74. The van der Waals surface area contributed by atoms with Gasteiger partial charge in [-0.1, -0.05) is 17.3 Å². The van der Waals surface area contributed by atoms with E-state index in [1.807, 2.05) is 32.0 Å². The van der Waals surface area contributed by atoms with E-state index in [1.165, 1.54) is 11.6 Å². The molecule has 1 amide bonds. The molecule has 1 unspecified atom stereocenters. The van der Waals surface area contributed by atoms with Crippen LogP contribution in [0.1, 0.15) is 47.2 Å². The molecule has 0 spiro atoms. The number of rotatable bonds is 4. The van der Waals surface area contributed by atoms with E-state index in [4.69, 9.17) is 0 Å². The normalized spacial score (nSPS) is 12.0. The molecule has 1 aromatic carbocycles. The van der Waals surface area contributed by atoms with Crippen molar-refractivity contribution in [3.8, 4) is 0 Å². The Bertz CT molecular complexity index is 734. The minimum Gasteiger partial charge on any atom is -0.324 e. The highest BCUT2D eigenvalue weighted by atomic mass is 16.2. The number of Topliss-reactive ketones (excluding diaryl/α,β-unsaturated/α-hetero) is 1. The molecule has 0 saturated carbocycles. The van der Waals surface area contributed by atoms with E-state index < -0.39 is 6.04 Å². The van der Waals surface area contributed by atoms with Gasteiger partial charge in [-0.2, -0.15) is 0 Å². The number of anilines is 1. The molecular formula is C16H20N4O2. The second-order valence-electron chi connectivity index (χ2n) is 5.51. The SMILES string of the molecule is CC(=O)c1nnn(C(C)C(=O)Nc2cc(C)ccc2C)c1C. The van der Waals surface area contributed by atoms with Crippen molar-refractivity contribution < 1.29 is 9.59 Å². The van der Waals surface area contributed by atoms with Gasteiger partial charge in [-0.3, -0.25) is 9.59 Å². The van der Waals surface area contributed by atoms with Crippen molar-refractivity contribution in [2.24, 2.45) is 0 Å². The van der Waals surface area contributed by atoms with Gasteiger partial charge in [0.15, 0.2) is 11.5 Å². The van der Waals surface area contributed by atoms with E-state index in [2.05, 4.69) is 15.6 Å². The van der Waals surface area contributed by atoms with Crippen LogP contribution in [0.25, 0.3) is 0 Å². The summed E-state index contributed by atoms with van der Waals surface area (Å²) in [4.78, 5) is 23.9. The van der Waals surface area contributed by atoms with Crippen molar-refractivity contribution in [1.82, 2.24) is 15.0 Å². The summed E-state index contributed by atoms with van der Waals surface area (Å²) < 4.78 is 1.47. The van der Waals surface area contributed by atoms with E-state index in [0.29, 0.717) is 11.4 Å². The number of aromatic nitrogens is 3. The number of aryl methyl sites for hydroxylation is 2. The van der Waals surface area contributed by atoms with Gasteiger partial charge in [-0.25, -0.2) is 4.68 Å². The van der Waals surface area contributed by atoms with Crippen LogP contribution in [0.3, 0.4) is 0 Å². The van der Waals surface area contributed by atoms with Gasteiger partial charge in [-0.05, 0) is 44.9 Å². The first kappa shape index (κ1) is 15.9. The highest BCUT2D eigenvalue weighted by Crippen LogP contribution is 2.19. The van der Waals surface area contributed by atoms with Gasteiger partial charge in [-0.15, -0.1) is 5.10 Å².